The molecule has 0 heteroatoms. The fraction of sp³-hybridized carbons (Fsp3) is 0.379. The molecule has 0 unspecified atom stereocenters. The molecular weight excluding hydrogens is 348 g/mol. The van der Waals surface area contributed by atoms with E-state index in [1.165, 1.54) is 16.7 Å². The first-order chi connectivity index (χ1) is 14.1. The molecule has 0 radical (unpaired) electrons. The van der Waals surface area contributed by atoms with Gasteiger partial charge < -0.3 is 0 Å². The van der Waals surface area contributed by atoms with Crippen LogP contribution in [-0.2, 0) is 0 Å². The maximum atomic E-state index is 2.17. The van der Waals surface area contributed by atoms with Gasteiger partial charge >= 0.3 is 0 Å². The first kappa shape index (κ1) is 31.4. The second kappa shape index (κ2) is 25.7. The van der Waals surface area contributed by atoms with Gasteiger partial charge in [0.25, 0.3) is 0 Å². The van der Waals surface area contributed by atoms with Gasteiger partial charge in [-0.25, -0.2) is 0 Å². The van der Waals surface area contributed by atoms with Crippen LogP contribution in [0.4, 0.5) is 0 Å². The Bertz CT molecular complexity index is 578. The lowest BCUT2D eigenvalue weighted by atomic mass is 10.0. The zero-order chi connectivity index (χ0) is 22.9. The van der Waals surface area contributed by atoms with Crippen LogP contribution in [0.1, 0.15) is 67.9 Å². The minimum Gasteiger partial charge on any atom is -0.0683 e. The minimum absolute atomic E-state index is 0.833. The normalized spacial score (nSPS) is 7.97. The van der Waals surface area contributed by atoms with E-state index in [2.05, 4.69) is 76.2 Å². The van der Waals surface area contributed by atoms with Gasteiger partial charge in [-0.1, -0.05) is 159 Å². The highest BCUT2D eigenvalue weighted by Gasteiger charge is 1.93. The molecule has 0 aliphatic rings. The van der Waals surface area contributed by atoms with Crippen molar-refractivity contribution >= 4 is 0 Å². The first-order valence-electron chi connectivity index (χ1n) is 11.2. The summed E-state index contributed by atoms with van der Waals surface area (Å²) >= 11 is 0. The average molecular weight is 395 g/mol. The summed E-state index contributed by atoms with van der Waals surface area (Å²) in [5.74, 6) is 0.833. The molecule has 29 heavy (non-hydrogen) atoms. The van der Waals surface area contributed by atoms with E-state index in [4.69, 9.17) is 0 Å². The van der Waals surface area contributed by atoms with E-state index in [0.29, 0.717) is 0 Å². The molecule has 3 aromatic carbocycles. The van der Waals surface area contributed by atoms with Crippen molar-refractivity contribution in [2.24, 2.45) is 5.92 Å². The van der Waals surface area contributed by atoms with Gasteiger partial charge in [0.1, 0.15) is 0 Å². The molecule has 0 saturated heterocycles. The Morgan fingerprint density at radius 3 is 0.966 bits per heavy atom. The van der Waals surface area contributed by atoms with Gasteiger partial charge in [0, 0.05) is 0 Å². The monoisotopic (exact) mass is 394 g/mol. The Morgan fingerprint density at radius 2 is 0.655 bits per heavy atom. The Kier molecular flexibility index (Phi) is 27.7. The van der Waals surface area contributed by atoms with Gasteiger partial charge in [-0.2, -0.15) is 0 Å². The van der Waals surface area contributed by atoms with E-state index >= 15 is 0 Å². The zero-order valence-corrected chi connectivity index (χ0v) is 20.7. The summed E-state index contributed by atoms with van der Waals surface area (Å²) in [4.78, 5) is 0. The largest absolute Gasteiger partial charge is 0.0683 e. The predicted octanol–water partition coefficient (Wildman–Crippen LogP) is 10.1. The van der Waals surface area contributed by atoms with Crippen molar-refractivity contribution in [1.82, 2.24) is 0 Å². The third-order valence-corrected chi connectivity index (χ3v) is 2.83. The van der Waals surface area contributed by atoms with Crippen LogP contribution in [0, 0.1) is 12.8 Å². The van der Waals surface area contributed by atoms with Gasteiger partial charge in [0.05, 0.1) is 0 Å². The molecule has 0 atom stereocenters. The Balaban J connectivity index is -0.000000355. The summed E-state index contributed by atoms with van der Waals surface area (Å²) in [6, 6.07) is 31.0. The molecule has 3 aromatic rings. The molecular formula is C29H46. The van der Waals surface area contributed by atoms with Gasteiger partial charge in [-0.05, 0) is 24.0 Å². The van der Waals surface area contributed by atoms with E-state index in [-0.39, 0.29) is 0 Å². The smallest absolute Gasteiger partial charge is 0.0184 e. The Morgan fingerprint density at radius 1 is 0.414 bits per heavy atom. The van der Waals surface area contributed by atoms with E-state index in [1.807, 2.05) is 84.0 Å². The molecule has 0 amide bonds. The summed E-state index contributed by atoms with van der Waals surface area (Å²) < 4.78 is 0. The number of hydrogen-bond acceptors (Lipinski definition) is 0. The molecule has 0 fully saturated rings. The van der Waals surface area contributed by atoms with Crippen LogP contribution in [0.2, 0.25) is 0 Å². The number of rotatable bonds is 1. The molecule has 162 valence electrons. The second-order valence-electron chi connectivity index (χ2n) is 6.12. The van der Waals surface area contributed by atoms with Crippen LogP contribution in [0.5, 0.6) is 0 Å². The lowest BCUT2D eigenvalue weighted by Crippen LogP contribution is -1.76. The highest BCUT2D eigenvalue weighted by Crippen LogP contribution is 2.18. The maximum absolute atomic E-state index is 2.17. The van der Waals surface area contributed by atoms with Crippen LogP contribution in [0.3, 0.4) is 0 Å². The molecule has 0 saturated carbocycles. The second-order valence-corrected chi connectivity index (χ2v) is 6.12. The van der Waals surface area contributed by atoms with Crippen LogP contribution < -0.4 is 0 Å². The van der Waals surface area contributed by atoms with Crippen LogP contribution in [0.15, 0.2) is 91.0 Å². The summed E-state index contributed by atoms with van der Waals surface area (Å²) in [6.45, 7) is 20.6. The fourth-order valence-electron chi connectivity index (χ4n) is 1.76. The van der Waals surface area contributed by atoms with Gasteiger partial charge in [-0.3, -0.25) is 0 Å². The maximum Gasteiger partial charge on any atom is -0.0184 e. The molecule has 0 nitrogen and oxygen atoms in total. The van der Waals surface area contributed by atoms with Crippen molar-refractivity contribution in [3.05, 3.63) is 96.6 Å². The number of benzene rings is 3. The summed E-state index contributed by atoms with van der Waals surface area (Å²) in [6.07, 6.45) is 0. The van der Waals surface area contributed by atoms with Gasteiger partial charge in [0.2, 0.25) is 0 Å². The molecule has 0 spiro atoms. The van der Waals surface area contributed by atoms with Crippen molar-refractivity contribution in [3.63, 3.8) is 0 Å². The first-order valence-corrected chi connectivity index (χ1v) is 11.2. The standard InChI is InChI=1S/C13H12.C6H6.C4H10.3C2H6/c1-11-7-9-13(10-8-11)12-5-3-2-4-6-12;1-2-4-6-5-3-1;1-4(2)3;3*1-2/h2-10H,1H3;1-6H;4H,1-3H3;3*1-2H3. The van der Waals surface area contributed by atoms with Crippen LogP contribution in [-0.4, -0.2) is 0 Å². The van der Waals surface area contributed by atoms with Crippen molar-refractivity contribution in [1.29, 1.82) is 0 Å². The van der Waals surface area contributed by atoms with E-state index in [0.717, 1.165) is 5.92 Å². The third kappa shape index (κ3) is 21.8. The minimum atomic E-state index is 0.833. The van der Waals surface area contributed by atoms with Crippen LogP contribution in [0.25, 0.3) is 11.1 Å². The topological polar surface area (TPSA) is 0 Å². The van der Waals surface area contributed by atoms with Crippen LogP contribution >= 0.6 is 0 Å². The van der Waals surface area contributed by atoms with Crippen molar-refractivity contribution in [2.75, 3.05) is 0 Å². The number of aryl methyl sites for hydroxylation is 1. The summed E-state index contributed by atoms with van der Waals surface area (Å²) in [5.41, 5.74) is 3.87. The fourth-order valence-corrected chi connectivity index (χ4v) is 1.76. The lowest BCUT2D eigenvalue weighted by Gasteiger charge is -2.00. The quantitative estimate of drug-likeness (QED) is 0.385. The van der Waals surface area contributed by atoms with E-state index in [9.17, 15) is 0 Å². The highest BCUT2D eigenvalue weighted by atomic mass is 14.0. The zero-order valence-electron chi connectivity index (χ0n) is 20.7. The molecule has 3 rings (SSSR count). The molecule has 0 aromatic heterocycles. The Labute approximate surface area is 183 Å². The van der Waals surface area contributed by atoms with Gasteiger partial charge in [0.15, 0.2) is 0 Å². The molecule has 0 aliphatic heterocycles. The molecule has 0 bridgehead atoms. The van der Waals surface area contributed by atoms with E-state index in [1.54, 1.807) is 0 Å². The van der Waals surface area contributed by atoms with Crippen molar-refractivity contribution < 1.29 is 0 Å². The molecule has 0 N–H and O–H groups in total. The molecule has 0 aliphatic carbocycles. The lowest BCUT2D eigenvalue weighted by molar-refractivity contribution is 0.737. The van der Waals surface area contributed by atoms with Gasteiger partial charge in [-0.15, -0.1) is 0 Å². The SMILES string of the molecule is CC.CC.CC.CC(C)C.Cc1ccc(-c2ccccc2)cc1.c1ccccc1. The van der Waals surface area contributed by atoms with Crippen molar-refractivity contribution in [2.45, 2.75) is 69.2 Å². The Hall–Kier alpha value is -2.34. The highest BCUT2D eigenvalue weighted by molar-refractivity contribution is 5.63. The number of hydrogen-bond donors (Lipinski definition) is 0. The summed E-state index contributed by atoms with van der Waals surface area (Å²) in [5, 5.41) is 0. The third-order valence-electron chi connectivity index (χ3n) is 2.83. The van der Waals surface area contributed by atoms with Crippen molar-refractivity contribution in [3.8, 4) is 11.1 Å². The molecule has 0 heterocycles. The summed E-state index contributed by atoms with van der Waals surface area (Å²) in [7, 11) is 0. The predicted molar refractivity (Wildman–Crippen MR) is 138 cm³/mol. The average Bonchev–Trinajstić information content (AvgIpc) is 2.80. The van der Waals surface area contributed by atoms with E-state index < -0.39 is 0 Å².